The van der Waals surface area contributed by atoms with E-state index in [4.69, 9.17) is 9.97 Å². The van der Waals surface area contributed by atoms with Crippen molar-refractivity contribution in [1.29, 1.82) is 0 Å². The molecule has 3 heterocycles. The second-order valence-corrected chi connectivity index (χ2v) is 12.1. The zero-order valence-corrected chi connectivity index (χ0v) is 24.5. The van der Waals surface area contributed by atoms with Gasteiger partial charge in [0.15, 0.2) is 0 Å². The summed E-state index contributed by atoms with van der Waals surface area (Å²) in [5.74, 6) is 0.653. The highest BCUT2D eigenvalue weighted by atomic mass is 15.2. The minimum atomic E-state index is -0.243. The lowest BCUT2D eigenvalue weighted by atomic mass is 9.80. The molecule has 44 heavy (non-hydrogen) atoms. The first kappa shape index (κ1) is 24.9. The number of benzene rings is 5. The summed E-state index contributed by atoms with van der Waals surface area (Å²) < 4.78 is 2.30. The summed E-state index contributed by atoms with van der Waals surface area (Å²) in [5.41, 5.74) is 11.1. The Morgan fingerprint density at radius 3 is 1.93 bits per heavy atom. The normalized spacial score (nSPS) is 13.4. The molecular weight excluding hydrogens is 536 g/mol. The summed E-state index contributed by atoms with van der Waals surface area (Å²) in [5, 5.41) is 4.77. The van der Waals surface area contributed by atoms with Crippen LogP contribution in [-0.4, -0.2) is 19.5 Å². The van der Waals surface area contributed by atoms with E-state index in [1.165, 1.54) is 38.4 Å². The first-order valence-corrected chi connectivity index (χ1v) is 15.0. The second kappa shape index (κ2) is 9.19. The van der Waals surface area contributed by atoms with Crippen LogP contribution in [0.3, 0.4) is 0 Å². The Balaban J connectivity index is 1.49. The molecule has 0 atom stereocenters. The third kappa shape index (κ3) is 3.42. The molecule has 0 unspecified atom stereocenters. The summed E-state index contributed by atoms with van der Waals surface area (Å²) in [6.07, 6.45) is 3.88. The molecule has 208 valence electrons. The molecule has 1 aliphatic rings. The monoisotopic (exact) mass is 564 g/mol. The van der Waals surface area contributed by atoms with Crippen LogP contribution in [0.5, 0.6) is 0 Å². The maximum absolute atomic E-state index is 5.31. The van der Waals surface area contributed by atoms with Crippen molar-refractivity contribution in [2.45, 2.75) is 19.3 Å². The Morgan fingerprint density at radius 2 is 1.23 bits per heavy atom. The van der Waals surface area contributed by atoms with E-state index in [0.29, 0.717) is 5.95 Å². The molecule has 0 spiro atoms. The number of nitrogens with zero attached hydrogens (tertiary/aromatic N) is 4. The van der Waals surface area contributed by atoms with E-state index in [-0.39, 0.29) is 5.41 Å². The van der Waals surface area contributed by atoms with Crippen molar-refractivity contribution in [2.24, 2.45) is 0 Å². The summed E-state index contributed by atoms with van der Waals surface area (Å²) >= 11 is 0. The minimum absolute atomic E-state index is 0.243. The van der Waals surface area contributed by atoms with Gasteiger partial charge >= 0.3 is 0 Å². The third-order valence-electron chi connectivity index (χ3n) is 9.27. The molecule has 0 amide bonds. The smallest absolute Gasteiger partial charge is 0.235 e. The van der Waals surface area contributed by atoms with Crippen LogP contribution in [-0.2, 0) is 5.41 Å². The molecule has 9 rings (SSSR count). The van der Waals surface area contributed by atoms with Crippen LogP contribution >= 0.6 is 0 Å². The van der Waals surface area contributed by atoms with Gasteiger partial charge in [-0.3, -0.25) is 9.55 Å². The molecule has 0 saturated carbocycles. The number of hydrogen-bond acceptors (Lipinski definition) is 3. The Kier molecular flexibility index (Phi) is 5.21. The largest absolute Gasteiger partial charge is 0.277 e. The fraction of sp³-hybridized carbons (Fsp3) is 0.0750. The van der Waals surface area contributed by atoms with Crippen LogP contribution in [0.4, 0.5) is 0 Å². The van der Waals surface area contributed by atoms with E-state index in [0.717, 1.165) is 38.9 Å². The van der Waals surface area contributed by atoms with Gasteiger partial charge in [-0.1, -0.05) is 123 Å². The summed E-state index contributed by atoms with van der Waals surface area (Å²) in [7, 11) is 0. The molecular formula is C40H28N4. The van der Waals surface area contributed by atoms with Crippen molar-refractivity contribution in [3.63, 3.8) is 0 Å². The van der Waals surface area contributed by atoms with E-state index in [2.05, 4.69) is 133 Å². The number of rotatable bonds is 3. The van der Waals surface area contributed by atoms with Crippen molar-refractivity contribution in [3.05, 3.63) is 145 Å². The van der Waals surface area contributed by atoms with Gasteiger partial charge in [0, 0.05) is 39.7 Å². The van der Waals surface area contributed by atoms with E-state index >= 15 is 0 Å². The number of pyridine rings is 1. The molecule has 1 aliphatic carbocycles. The van der Waals surface area contributed by atoms with Crippen molar-refractivity contribution in [2.75, 3.05) is 0 Å². The molecule has 0 fully saturated rings. The van der Waals surface area contributed by atoms with Crippen molar-refractivity contribution in [3.8, 4) is 39.6 Å². The van der Waals surface area contributed by atoms with Gasteiger partial charge in [-0.15, -0.1) is 0 Å². The zero-order valence-electron chi connectivity index (χ0n) is 24.5. The highest BCUT2D eigenvalue weighted by Gasteiger charge is 2.40. The fourth-order valence-corrected chi connectivity index (χ4v) is 7.34. The third-order valence-corrected chi connectivity index (χ3v) is 9.27. The number of hydrogen-bond donors (Lipinski definition) is 0. The van der Waals surface area contributed by atoms with Crippen LogP contribution in [0.1, 0.15) is 25.0 Å². The molecule has 0 N–H and O–H groups in total. The molecule has 0 bridgehead atoms. The molecule has 8 aromatic rings. The number of aromatic nitrogens is 4. The molecule has 5 aromatic carbocycles. The summed E-state index contributed by atoms with van der Waals surface area (Å²) in [6.45, 7) is 4.70. The van der Waals surface area contributed by atoms with E-state index < -0.39 is 0 Å². The van der Waals surface area contributed by atoms with Crippen LogP contribution in [0.2, 0.25) is 0 Å². The van der Waals surface area contributed by atoms with Gasteiger partial charge in [-0.25, -0.2) is 9.97 Å². The molecule has 4 heteroatoms. The van der Waals surface area contributed by atoms with Crippen molar-refractivity contribution >= 4 is 32.6 Å². The Hall–Kier alpha value is -5.61. The van der Waals surface area contributed by atoms with Gasteiger partial charge < -0.3 is 0 Å². The fourth-order valence-electron chi connectivity index (χ4n) is 7.34. The molecule has 0 aliphatic heterocycles. The van der Waals surface area contributed by atoms with E-state index in [1.54, 1.807) is 0 Å². The predicted octanol–water partition coefficient (Wildman–Crippen LogP) is 9.76. The van der Waals surface area contributed by atoms with Gasteiger partial charge in [0.2, 0.25) is 5.95 Å². The molecule has 0 saturated heterocycles. The second-order valence-electron chi connectivity index (χ2n) is 12.1. The van der Waals surface area contributed by atoms with Gasteiger partial charge in [-0.05, 0) is 45.2 Å². The summed E-state index contributed by atoms with van der Waals surface area (Å²) in [4.78, 5) is 15.2. The van der Waals surface area contributed by atoms with Gasteiger partial charge in [0.05, 0.1) is 22.4 Å². The maximum Gasteiger partial charge on any atom is 0.235 e. The SMILES string of the molecule is CC1(C)c2ccccc2-c2c1c1c(c3ccccc23)c2cnccc2n1-c1nc(-c2ccccc2)cc(-c2ccccc2)n1. The molecule has 0 radical (unpaired) electrons. The lowest BCUT2D eigenvalue weighted by Gasteiger charge is -2.24. The molecule has 4 nitrogen and oxygen atoms in total. The topological polar surface area (TPSA) is 43.6 Å². The maximum atomic E-state index is 5.31. The highest BCUT2D eigenvalue weighted by Crippen LogP contribution is 2.56. The highest BCUT2D eigenvalue weighted by molar-refractivity contribution is 6.26. The minimum Gasteiger partial charge on any atom is -0.277 e. The lowest BCUT2D eigenvalue weighted by Crippen LogP contribution is -2.17. The van der Waals surface area contributed by atoms with Crippen LogP contribution in [0, 0.1) is 0 Å². The average molecular weight is 565 g/mol. The van der Waals surface area contributed by atoms with E-state index in [1.807, 2.05) is 24.5 Å². The first-order chi connectivity index (χ1) is 21.6. The van der Waals surface area contributed by atoms with Gasteiger partial charge in [0.1, 0.15) is 0 Å². The Bertz CT molecular complexity index is 2350. The van der Waals surface area contributed by atoms with Crippen molar-refractivity contribution < 1.29 is 0 Å². The lowest BCUT2D eigenvalue weighted by molar-refractivity contribution is 0.664. The average Bonchev–Trinajstić information content (AvgIpc) is 3.55. The zero-order chi connectivity index (χ0) is 29.4. The van der Waals surface area contributed by atoms with Crippen LogP contribution in [0.25, 0.3) is 72.2 Å². The quantitative estimate of drug-likeness (QED) is 0.215. The van der Waals surface area contributed by atoms with Crippen LogP contribution in [0.15, 0.2) is 134 Å². The predicted molar refractivity (Wildman–Crippen MR) is 180 cm³/mol. The number of fused-ring (bicyclic) bond motifs is 10. The Morgan fingerprint density at radius 1 is 0.614 bits per heavy atom. The Labute approximate surface area is 255 Å². The standard InChI is InChI=1S/C40H28N4/c1-40(2)31-20-12-11-19-29(31)35-27-17-9-10-18-28(27)36-30-24-41-22-21-34(30)44(38(36)37(35)40)39-42-32(25-13-5-3-6-14-25)23-33(43-39)26-15-7-4-8-16-26/h3-24H,1-2H3. The van der Waals surface area contributed by atoms with Gasteiger partial charge in [-0.2, -0.15) is 0 Å². The van der Waals surface area contributed by atoms with Crippen LogP contribution < -0.4 is 0 Å². The van der Waals surface area contributed by atoms with E-state index in [9.17, 15) is 0 Å². The van der Waals surface area contributed by atoms with Gasteiger partial charge in [0.25, 0.3) is 0 Å². The first-order valence-electron chi connectivity index (χ1n) is 15.0. The van der Waals surface area contributed by atoms with Crippen molar-refractivity contribution in [1.82, 2.24) is 19.5 Å². The summed E-state index contributed by atoms with van der Waals surface area (Å²) in [6, 6.07) is 42.6. The molecule has 3 aromatic heterocycles.